The highest BCUT2D eigenvalue weighted by molar-refractivity contribution is 7.78. The summed E-state index contributed by atoms with van der Waals surface area (Å²) in [6.45, 7) is 3.86. The van der Waals surface area contributed by atoms with E-state index in [4.69, 9.17) is 10.5 Å². The lowest BCUT2D eigenvalue weighted by Gasteiger charge is -2.29. The zero-order chi connectivity index (χ0) is 18.4. The fourth-order valence-electron chi connectivity index (χ4n) is 3.19. The molecule has 0 spiro atoms. The first-order valence-electron chi connectivity index (χ1n) is 8.44. The van der Waals surface area contributed by atoms with Crippen LogP contribution in [0.25, 0.3) is 0 Å². The molecule has 0 bridgehead atoms. The second-order valence-electron chi connectivity index (χ2n) is 6.55. The van der Waals surface area contributed by atoms with Gasteiger partial charge in [0.25, 0.3) is 0 Å². The summed E-state index contributed by atoms with van der Waals surface area (Å²) in [5, 5.41) is 1.51. The van der Waals surface area contributed by atoms with Crippen molar-refractivity contribution in [2.45, 2.75) is 19.9 Å². The Morgan fingerprint density at radius 1 is 1.00 bits per heavy atom. The van der Waals surface area contributed by atoms with Gasteiger partial charge in [-0.05, 0) is 5.92 Å². The van der Waals surface area contributed by atoms with Crippen molar-refractivity contribution < 1.29 is 14.1 Å². The minimum absolute atomic E-state index is 0.00227. The highest BCUT2D eigenvalue weighted by Crippen LogP contribution is 2.44. The van der Waals surface area contributed by atoms with E-state index in [1.54, 1.807) is 0 Å². The Morgan fingerprint density at radius 3 is 1.80 bits per heavy atom. The van der Waals surface area contributed by atoms with E-state index in [-0.39, 0.29) is 18.0 Å². The van der Waals surface area contributed by atoms with Crippen molar-refractivity contribution in [2.75, 3.05) is 13.3 Å². The summed E-state index contributed by atoms with van der Waals surface area (Å²) < 4.78 is 18.9. The quantitative estimate of drug-likeness (QED) is 0.610. The number of hydrogen-bond acceptors (Lipinski definition) is 4. The van der Waals surface area contributed by atoms with Crippen LogP contribution in [-0.2, 0) is 14.1 Å². The Labute approximate surface area is 149 Å². The molecule has 2 rings (SSSR count). The summed E-state index contributed by atoms with van der Waals surface area (Å²) in [5.41, 5.74) is 6.38. The Bertz CT molecular complexity index is 688. The fourth-order valence-corrected chi connectivity index (χ4v) is 6.03. The molecule has 0 aliphatic carbocycles. The highest BCUT2D eigenvalue weighted by Gasteiger charge is 2.36. The van der Waals surface area contributed by atoms with Gasteiger partial charge in [0.15, 0.2) is 0 Å². The van der Waals surface area contributed by atoms with Gasteiger partial charge in [-0.2, -0.15) is 0 Å². The van der Waals surface area contributed by atoms with Gasteiger partial charge in [-0.25, -0.2) is 0 Å². The fraction of sp³-hybridized carbons (Fsp3) is 0.350. The maximum Gasteiger partial charge on any atom is 0.310 e. The van der Waals surface area contributed by atoms with E-state index in [1.807, 2.05) is 74.5 Å². The third-order valence-corrected chi connectivity index (χ3v) is 7.67. The molecule has 2 aromatic rings. The smallest absolute Gasteiger partial charge is 0.310 e. The number of nitrogens with two attached hydrogens (primary N) is 1. The first kappa shape index (κ1) is 19.4. The highest BCUT2D eigenvalue weighted by atomic mass is 31.2. The summed E-state index contributed by atoms with van der Waals surface area (Å²) in [7, 11) is -1.60. The molecule has 0 aliphatic heterocycles. The van der Waals surface area contributed by atoms with Crippen molar-refractivity contribution in [1.29, 1.82) is 0 Å². The standard InChI is InChI=1S/C20H26NO3P/c1-15(2)19(20(22)24-3)18(21)14-25(23,16-10-6-4-7-11-16)17-12-8-5-9-13-17/h4-13,15,18-19H,14,21H2,1-3H3. The lowest BCUT2D eigenvalue weighted by atomic mass is 9.90. The molecule has 134 valence electrons. The molecule has 2 aromatic carbocycles. The number of carbonyl (C=O) groups excluding carboxylic acids is 1. The maximum atomic E-state index is 14.0. The van der Waals surface area contributed by atoms with Crippen molar-refractivity contribution in [3.63, 3.8) is 0 Å². The third kappa shape index (κ3) is 4.39. The van der Waals surface area contributed by atoms with Crippen LogP contribution < -0.4 is 16.3 Å². The molecule has 0 saturated carbocycles. The van der Waals surface area contributed by atoms with E-state index in [1.165, 1.54) is 7.11 Å². The van der Waals surface area contributed by atoms with Gasteiger partial charge in [-0.3, -0.25) is 4.79 Å². The van der Waals surface area contributed by atoms with Crippen LogP contribution in [0.2, 0.25) is 0 Å². The van der Waals surface area contributed by atoms with Crippen LogP contribution in [0.1, 0.15) is 13.8 Å². The summed E-state index contributed by atoms with van der Waals surface area (Å²) in [4.78, 5) is 12.2. The molecule has 2 unspecified atom stereocenters. The predicted octanol–water partition coefficient (Wildman–Crippen LogP) is 2.77. The molecule has 25 heavy (non-hydrogen) atoms. The zero-order valence-corrected chi connectivity index (χ0v) is 15.9. The van der Waals surface area contributed by atoms with Gasteiger partial charge in [0.05, 0.1) is 13.0 Å². The Balaban J connectivity index is 2.44. The third-order valence-electron chi connectivity index (χ3n) is 4.47. The van der Waals surface area contributed by atoms with E-state index in [0.29, 0.717) is 0 Å². The number of esters is 1. The first-order chi connectivity index (χ1) is 11.9. The number of carbonyl (C=O) groups is 1. The number of ether oxygens (including phenoxy) is 1. The molecule has 0 fully saturated rings. The summed E-state index contributed by atoms with van der Waals surface area (Å²) in [6, 6.07) is 18.2. The molecule has 4 nitrogen and oxygen atoms in total. The Kier molecular flexibility index (Phi) is 6.57. The number of methoxy groups -OCH3 is 1. The van der Waals surface area contributed by atoms with Crippen LogP contribution in [0.15, 0.2) is 60.7 Å². The number of rotatable bonds is 7. The van der Waals surface area contributed by atoms with Crippen molar-refractivity contribution in [2.24, 2.45) is 17.6 Å². The molecule has 2 atom stereocenters. The molecule has 2 N–H and O–H groups in total. The average molecular weight is 359 g/mol. The van der Waals surface area contributed by atoms with E-state index in [2.05, 4.69) is 0 Å². The normalized spacial score (nSPS) is 14.1. The van der Waals surface area contributed by atoms with Crippen LogP contribution >= 0.6 is 7.14 Å². The minimum atomic E-state index is -2.96. The van der Waals surface area contributed by atoms with Crippen LogP contribution in [0.5, 0.6) is 0 Å². The zero-order valence-electron chi connectivity index (χ0n) is 15.0. The lowest BCUT2D eigenvalue weighted by molar-refractivity contribution is -0.147. The molecule has 0 heterocycles. The maximum absolute atomic E-state index is 14.0. The molecule has 0 aliphatic rings. The van der Waals surface area contributed by atoms with Crippen LogP contribution in [0.4, 0.5) is 0 Å². The van der Waals surface area contributed by atoms with Gasteiger partial charge < -0.3 is 15.0 Å². The molecule has 5 heteroatoms. The molecule has 0 radical (unpaired) electrons. The van der Waals surface area contributed by atoms with Crippen molar-refractivity contribution in [3.8, 4) is 0 Å². The van der Waals surface area contributed by atoms with Crippen LogP contribution in [0.3, 0.4) is 0 Å². The lowest BCUT2D eigenvalue weighted by Crippen LogP contribution is -2.43. The van der Waals surface area contributed by atoms with E-state index in [9.17, 15) is 9.36 Å². The number of hydrogen-bond donors (Lipinski definition) is 1. The molecule has 0 amide bonds. The van der Waals surface area contributed by atoms with E-state index in [0.717, 1.165) is 10.6 Å². The van der Waals surface area contributed by atoms with Crippen molar-refractivity contribution >= 4 is 23.7 Å². The summed E-state index contributed by atoms with van der Waals surface area (Å²) >= 11 is 0. The van der Waals surface area contributed by atoms with Gasteiger partial charge in [-0.15, -0.1) is 0 Å². The van der Waals surface area contributed by atoms with Gasteiger partial charge in [0, 0.05) is 22.8 Å². The molecule has 0 saturated heterocycles. The summed E-state index contributed by atoms with van der Waals surface area (Å²) in [6.07, 6.45) is 0.221. The predicted molar refractivity (Wildman–Crippen MR) is 103 cm³/mol. The number of benzene rings is 2. The van der Waals surface area contributed by atoms with Crippen molar-refractivity contribution in [1.82, 2.24) is 0 Å². The van der Waals surface area contributed by atoms with Gasteiger partial charge in [-0.1, -0.05) is 74.5 Å². The largest absolute Gasteiger partial charge is 0.469 e. The monoisotopic (exact) mass is 359 g/mol. The average Bonchev–Trinajstić information content (AvgIpc) is 2.62. The van der Waals surface area contributed by atoms with Gasteiger partial charge >= 0.3 is 5.97 Å². The second-order valence-corrected chi connectivity index (χ2v) is 9.43. The summed E-state index contributed by atoms with van der Waals surface area (Å²) in [5.74, 6) is -0.844. The Hall–Kier alpha value is -1.90. The molecular weight excluding hydrogens is 333 g/mol. The van der Waals surface area contributed by atoms with E-state index >= 15 is 0 Å². The Morgan fingerprint density at radius 2 is 1.44 bits per heavy atom. The van der Waals surface area contributed by atoms with Gasteiger partial charge in [0.2, 0.25) is 0 Å². The molecular formula is C20H26NO3P. The molecule has 0 aromatic heterocycles. The van der Waals surface area contributed by atoms with Crippen LogP contribution in [0, 0.1) is 11.8 Å². The second kappa shape index (κ2) is 8.46. The van der Waals surface area contributed by atoms with Crippen molar-refractivity contribution in [3.05, 3.63) is 60.7 Å². The van der Waals surface area contributed by atoms with E-state index < -0.39 is 19.1 Å². The van der Waals surface area contributed by atoms with Crippen LogP contribution in [-0.4, -0.2) is 25.3 Å². The topological polar surface area (TPSA) is 69.4 Å². The SMILES string of the molecule is COC(=O)C(C(C)C)C(N)CP(=O)(c1ccccc1)c1ccccc1. The first-order valence-corrected chi connectivity index (χ1v) is 10.3. The van der Waals surface area contributed by atoms with Gasteiger partial charge in [0.1, 0.15) is 7.14 Å². The minimum Gasteiger partial charge on any atom is -0.469 e.